The van der Waals surface area contributed by atoms with Gasteiger partial charge in [-0.2, -0.15) is 0 Å². The van der Waals surface area contributed by atoms with Gasteiger partial charge in [0.25, 0.3) is 5.56 Å². The van der Waals surface area contributed by atoms with Crippen molar-refractivity contribution in [2.24, 2.45) is 0 Å². The van der Waals surface area contributed by atoms with E-state index in [4.69, 9.17) is 4.74 Å². The zero-order valence-electron chi connectivity index (χ0n) is 14.9. The lowest BCUT2D eigenvalue weighted by Gasteiger charge is -2.15. The molecule has 0 saturated carbocycles. The second-order valence-corrected chi connectivity index (χ2v) is 6.09. The molecule has 1 heterocycles. The fourth-order valence-corrected chi connectivity index (χ4v) is 2.75. The molecule has 134 valence electrons. The van der Waals surface area contributed by atoms with E-state index in [0.29, 0.717) is 10.9 Å². The quantitative estimate of drug-likeness (QED) is 0.759. The van der Waals surface area contributed by atoms with Crippen molar-refractivity contribution < 1.29 is 9.53 Å². The Labute approximate surface area is 150 Å². The van der Waals surface area contributed by atoms with E-state index in [9.17, 15) is 9.59 Å². The molecule has 0 unspecified atom stereocenters. The predicted octanol–water partition coefficient (Wildman–Crippen LogP) is 1.99. The minimum Gasteiger partial charge on any atom is -0.497 e. The fourth-order valence-electron chi connectivity index (χ4n) is 2.75. The molecule has 0 aliphatic carbocycles. The predicted molar refractivity (Wildman–Crippen MR) is 98.1 cm³/mol. The van der Waals surface area contributed by atoms with Crippen molar-refractivity contribution in [2.75, 3.05) is 7.11 Å². The number of benzene rings is 2. The lowest BCUT2D eigenvalue weighted by molar-refractivity contribution is -0.122. The summed E-state index contributed by atoms with van der Waals surface area (Å²) in [6.07, 6.45) is 0. The lowest BCUT2D eigenvalue weighted by Crippen LogP contribution is -2.35. The maximum atomic E-state index is 12.5. The minimum absolute atomic E-state index is 0.184. The Morgan fingerprint density at radius 2 is 1.96 bits per heavy atom. The third-order valence-corrected chi connectivity index (χ3v) is 4.24. The van der Waals surface area contributed by atoms with E-state index in [-0.39, 0.29) is 24.1 Å². The van der Waals surface area contributed by atoms with E-state index in [2.05, 4.69) is 15.6 Å². The Bertz CT molecular complexity index is 996. The van der Waals surface area contributed by atoms with Crippen molar-refractivity contribution in [1.29, 1.82) is 0 Å². The molecule has 7 heteroatoms. The Kier molecular flexibility index (Phi) is 4.97. The van der Waals surface area contributed by atoms with Crippen LogP contribution in [0.1, 0.15) is 24.1 Å². The molecule has 7 nitrogen and oxygen atoms in total. The maximum Gasteiger partial charge on any atom is 0.278 e. The number of carbonyl (C=O) groups is 1. The third-order valence-electron chi connectivity index (χ3n) is 4.24. The molecule has 1 N–H and O–H groups in total. The van der Waals surface area contributed by atoms with Gasteiger partial charge in [-0.1, -0.05) is 29.5 Å². The number of methoxy groups -OCH3 is 1. The van der Waals surface area contributed by atoms with E-state index >= 15 is 0 Å². The zero-order chi connectivity index (χ0) is 18.7. The number of aryl methyl sites for hydroxylation is 1. The van der Waals surface area contributed by atoms with Crippen LogP contribution in [0.25, 0.3) is 10.9 Å². The molecule has 1 amide bonds. The summed E-state index contributed by atoms with van der Waals surface area (Å²) in [5, 5.41) is 11.3. The van der Waals surface area contributed by atoms with Gasteiger partial charge in [0.15, 0.2) is 0 Å². The van der Waals surface area contributed by atoms with Gasteiger partial charge in [0.1, 0.15) is 17.8 Å². The van der Waals surface area contributed by atoms with Crippen LogP contribution in [0, 0.1) is 6.92 Å². The van der Waals surface area contributed by atoms with Gasteiger partial charge in [0.2, 0.25) is 5.91 Å². The number of aromatic nitrogens is 3. The maximum absolute atomic E-state index is 12.5. The molecule has 0 fully saturated rings. The SMILES string of the molecule is COc1ccc([C@H](C)NC(=O)Cn2nnc3c(C)cccc3c2=O)cc1. The molecule has 0 spiro atoms. The highest BCUT2D eigenvalue weighted by Crippen LogP contribution is 2.17. The van der Waals surface area contributed by atoms with Crippen LogP contribution in [0.5, 0.6) is 5.75 Å². The number of carbonyl (C=O) groups excluding carboxylic acids is 1. The van der Waals surface area contributed by atoms with Crippen molar-refractivity contribution in [3.63, 3.8) is 0 Å². The van der Waals surface area contributed by atoms with Crippen LogP contribution in [0.4, 0.5) is 0 Å². The Hall–Kier alpha value is -3.22. The summed E-state index contributed by atoms with van der Waals surface area (Å²) < 4.78 is 6.21. The van der Waals surface area contributed by atoms with Crippen LogP contribution in [0.15, 0.2) is 47.3 Å². The second kappa shape index (κ2) is 7.35. The van der Waals surface area contributed by atoms with E-state index in [1.807, 2.05) is 44.2 Å². The Morgan fingerprint density at radius 1 is 1.23 bits per heavy atom. The number of ether oxygens (including phenoxy) is 1. The third kappa shape index (κ3) is 3.56. The Morgan fingerprint density at radius 3 is 2.65 bits per heavy atom. The molecule has 0 saturated heterocycles. The molecule has 3 rings (SSSR count). The van der Waals surface area contributed by atoms with Crippen LogP contribution >= 0.6 is 0 Å². The molecule has 1 atom stereocenters. The highest BCUT2D eigenvalue weighted by molar-refractivity contribution is 5.80. The van der Waals surface area contributed by atoms with Gasteiger partial charge >= 0.3 is 0 Å². The van der Waals surface area contributed by atoms with E-state index in [0.717, 1.165) is 21.6 Å². The Balaban J connectivity index is 1.74. The van der Waals surface area contributed by atoms with E-state index in [1.165, 1.54) is 0 Å². The van der Waals surface area contributed by atoms with Crippen molar-refractivity contribution in [1.82, 2.24) is 20.3 Å². The van der Waals surface area contributed by atoms with Crippen molar-refractivity contribution >= 4 is 16.8 Å². The molecule has 2 aromatic carbocycles. The van der Waals surface area contributed by atoms with Crippen molar-refractivity contribution in [3.05, 3.63) is 63.9 Å². The van der Waals surface area contributed by atoms with Crippen molar-refractivity contribution in [3.8, 4) is 5.75 Å². The van der Waals surface area contributed by atoms with Gasteiger partial charge in [-0.3, -0.25) is 9.59 Å². The number of amides is 1. The summed E-state index contributed by atoms with van der Waals surface area (Å²) >= 11 is 0. The molecule has 26 heavy (non-hydrogen) atoms. The average Bonchev–Trinajstić information content (AvgIpc) is 2.64. The van der Waals surface area contributed by atoms with E-state index < -0.39 is 0 Å². The number of fused-ring (bicyclic) bond motifs is 1. The van der Waals surface area contributed by atoms with Gasteiger partial charge in [-0.25, -0.2) is 4.68 Å². The molecule has 0 radical (unpaired) electrons. The molecule has 0 aliphatic rings. The fraction of sp³-hybridized carbons (Fsp3) is 0.263. The van der Waals surface area contributed by atoms with Gasteiger partial charge in [-0.15, -0.1) is 5.10 Å². The summed E-state index contributed by atoms with van der Waals surface area (Å²) in [5.74, 6) is 0.442. The summed E-state index contributed by atoms with van der Waals surface area (Å²) in [6, 6.07) is 12.6. The molecule has 0 bridgehead atoms. The second-order valence-electron chi connectivity index (χ2n) is 6.09. The van der Waals surface area contributed by atoms with Crippen LogP contribution in [-0.4, -0.2) is 28.0 Å². The molecule has 0 aliphatic heterocycles. The molecule has 1 aromatic heterocycles. The summed E-state index contributed by atoms with van der Waals surface area (Å²) in [5.41, 5.74) is 2.04. The number of rotatable bonds is 5. The van der Waals surface area contributed by atoms with Gasteiger partial charge < -0.3 is 10.1 Å². The van der Waals surface area contributed by atoms with Crippen LogP contribution in [0.2, 0.25) is 0 Å². The first-order valence-electron chi connectivity index (χ1n) is 8.26. The first-order chi connectivity index (χ1) is 12.5. The average molecular weight is 352 g/mol. The number of hydrogen-bond donors (Lipinski definition) is 1. The normalized spacial score (nSPS) is 12.0. The zero-order valence-corrected chi connectivity index (χ0v) is 14.9. The van der Waals surface area contributed by atoms with Crippen molar-refractivity contribution in [2.45, 2.75) is 26.4 Å². The summed E-state index contributed by atoms with van der Waals surface area (Å²) in [6.45, 7) is 3.55. The van der Waals surface area contributed by atoms with Crippen LogP contribution in [0.3, 0.4) is 0 Å². The highest BCUT2D eigenvalue weighted by Gasteiger charge is 2.13. The van der Waals surface area contributed by atoms with E-state index in [1.54, 1.807) is 19.2 Å². The topological polar surface area (TPSA) is 86.1 Å². The first kappa shape index (κ1) is 17.6. The van der Waals surface area contributed by atoms with Crippen LogP contribution in [-0.2, 0) is 11.3 Å². The summed E-state index contributed by atoms with van der Waals surface area (Å²) in [4.78, 5) is 24.8. The minimum atomic E-state index is -0.328. The molecule has 3 aromatic rings. The molecular weight excluding hydrogens is 332 g/mol. The van der Waals surface area contributed by atoms with Gasteiger partial charge in [0, 0.05) is 0 Å². The number of hydrogen-bond acceptors (Lipinski definition) is 5. The lowest BCUT2D eigenvalue weighted by atomic mass is 10.1. The summed E-state index contributed by atoms with van der Waals surface area (Å²) in [7, 11) is 1.60. The standard InChI is InChI=1S/C19H20N4O3/c1-12-5-4-6-16-18(12)21-22-23(19(16)25)11-17(24)20-13(2)14-7-9-15(26-3)10-8-14/h4-10,13H,11H2,1-3H3,(H,20,24)/t13-/m0/s1. The monoisotopic (exact) mass is 352 g/mol. The number of nitrogens with one attached hydrogen (secondary N) is 1. The number of nitrogens with zero attached hydrogens (tertiary/aromatic N) is 3. The van der Waals surface area contributed by atoms with Crippen LogP contribution < -0.4 is 15.6 Å². The first-order valence-corrected chi connectivity index (χ1v) is 8.26. The highest BCUT2D eigenvalue weighted by atomic mass is 16.5. The largest absolute Gasteiger partial charge is 0.497 e. The smallest absolute Gasteiger partial charge is 0.278 e. The molecular formula is C19H20N4O3. The van der Waals surface area contributed by atoms with Gasteiger partial charge in [-0.05, 0) is 43.2 Å². The van der Waals surface area contributed by atoms with Gasteiger partial charge in [0.05, 0.1) is 18.5 Å².